The lowest BCUT2D eigenvalue weighted by atomic mass is 9.98. The highest BCUT2D eigenvalue weighted by Gasteiger charge is 2.20. The Kier molecular flexibility index (Phi) is 9.47. The molecule has 0 aliphatic carbocycles. The number of amides is 1. The summed E-state index contributed by atoms with van der Waals surface area (Å²) in [6.07, 6.45) is 3.53. The van der Waals surface area contributed by atoms with Crippen molar-refractivity contribution in [2.75, 3.05) is 13.1 Å². The molecule has 25 heavy (non-hydrogen) atoms. The number of hydrogen-bond acceptors (Lipinski definition) is 3. The average Bonchev–Trinajstić information content (AvgIpc) is 2.59. The Labute approximate surface area is 158 Å². The van der Waals surface area contributed by atoms with E-state index in [1.165, 1.54) is 37.1 Å². The van der Waals surface area contributed by atoms with Crippen molar-refractivity contribution in [2.24, 2.45) is 17.6 Å². The Bertz CT molecular complexity index is 537. The number of likely N-dealkylation sites (tertiary alicyclic amines) is 1. The molecule has 0 spiro atoms. The molecule has 5 heteroatoms. The minimum Gasteiger partial charge on any atom is -0.351 e. The van der Waals surface area contributed by atoms with E-state index in [1.54, 1.807) is 0 Å². The molecular weight excluding hydrogens is 334 g/mol. The Balaban J connectivity index is 0.00000312. The molecule has 4 nitrogen and oxygen atoms in total. The first-order valence-electron chi connectivity index (χ1n) is 9.33. The van der Waals surface area contributed by atoms with E-state index in [-0.39, 0.29) is 24.2 Å². The molecule has 0 saturated carbocycles. The second-order valence-electron chi connectivity index (χ2n) is 7.38. The smallest absolute Gasteiger partial charge is 0.237 e. The van der Waals surface area contributed by atoms with Gasteiger partial charge in [0.15, 0.2) is 0 Å². The van der Waals surface area contributed by atoms with Crippen LogP contribution in [0, 0.1) is 11.8 Å². The summed E-state index contributed by atoms with van der Waals surface area (Å²) in [4.78, 5) is 14.7. The van der Waals surface area contributed by atoms with Crippen LogP contribution < -0.4 is 11.1 Å². The van der Waals surface area contributed by atoms with Crippen LogP contribution in [-0.4, -0.2) is 29.9 Å². The molecular formula is C20H34ClN3O. The minimum absolute atomic E-state index is 0. The molecule has 1 fully saturated rings. The molecule has 1 saturated heterocycles. The van der Waals surface area contributed by atoms with Gasteiger partial charge < -0.3 is 11.1 Å². The number of nitrogens with one attached hydrogen (secondary N) is 1. The number of benzene rings is 1. The van der Waals surface area contributed by atoms with Crippen LogP contribution in [-0.2, 0) is 17.9 Å². The van der Waals surface area contributed by atoms with Crippen LogP contribution in [0.15, 0.2) is 24.3 Å². The largest absolute Gasteiger partial charge is 0.351 e. The number of carbonyl (C=O) groups excluding carboxylic acids is 1. The van der Waals surface area contributed by atoms with E-state index in [0.717, 1.165) is 18.9 Å². The molecule has 3 unspecified atom stereocenters. The molecule has 1 aromatic rings. The van der Waals surface area contributed by atoms with E-state index in [2.05, 4.69) is 42.3 Å². The normalized spacial score (nSPS) is 20.4. The van der Waals surface area contributed by atoms with Crippen LogP contribution in [0.5, 0.6) is 0 Å². The Morgan fingerprint density at radius 1 is 1.36 bits per heavy atom. The molecule has 0 bridgehead atoms. The van der Waals surface area contributed by atoms with Gasteiger partial charge in [-0.1, -0.05) is 51.5 Å². The summed E-state index contributed by atoms with van der Waals surface area (Å²) in [6, 6.07) is 7.98. The van der Waals surface area contributed by atoms with Gasteiger partial charge >= 0.3 is 0 Å². The highest BCUT2D eigenvalue weighted by molar-refractivity contribution is 5.85. The predicted octanol–water partition coefficient (Wildman–Crippen LogP) is 3.33. The SMILES string of the molecule is CCC(C)C(N)C(=O)NCc1ccccc1CN1CCCC(C)C1.Cl. The fourth-order valence-electron chi connectivity index (χ4n) is 3.37. The number of halogens is 1. The summed E-state index contributed by atoms with van der Waals surface area (Å²) in [7, 11) is 0. The molecule has 1 aromatic carbocycles. The van der Waals surface area contributed by atoms with Gasteiger partial charge in [0.25, 0.3) is 0 Å². The highest BCUT2D eigenvalue weighted by Crippen LogP contribution is 2.19. The van der Waals surface area contributed by atoms with Crippen molar-refractivity contribution in [2.45, 2.75) is 59.2 Å². The van der Waals surface area contributed by atoms with Gasteiger partial charge in [-0.05, 0) is 42.3 Å². The maximum absolute atomic E-state index is 12.2. The molecule has 0 radical (unpaired) electrons. The lowest BCUT2D eigenvalue weighted by Gasteiger charge is -2.31. The summed E-state index contributed by atoms with van der Waals surface area (Å²) in [6.45, 7) is 10.3. The zero-order chi connectivity index (χ0) is 17.5. The summed E-state index contributed by atoms with van der Waals surface area (Å²) in [5, 5.41) is 3.02. The maximum Gasteiger partial charge on any atom is 0.237 e. The van der Waals surface area contributed by atoms with Crippen molar-refractivity contribution in [3.63, 3.8) is 0 Å². The van der Waals surface area contributed by atoms with E-state index in [4.69, 9.17) is 5.73 Å². The van der Waals surface area contributed by atoms with E-state index in [9.17, 15) is 4.79 Å². The van der Waals surface area contributed by atoms with Crippen LogP contribution in [0.1, 0.15) is 51.2 Å². The first-order valence-corrected chi connectivity index (χ1v) is 9.33. The monoisotopic (exact) mass is 367 g/mol. The van der Waals surface area contributed by atoms with Gasteiger partial charge in [-0.25, -0.2) is 0 Å². The Hall–Kier alpha value is -1.10. The summed E-state index contributed by atoms with van der Waals surface area (Å²) in [5.41, 5.74) is 8.52. The van der Waals surface area contributed by atoms with Gasteiger partial charge in [-0.15, -0.1) is 12.4 Å². The zero-order valence-corrected chi connectivity index (χ0v) is 16.6. The van der Waals surface area contributed by atoms with Gasteiger partial charge in [-0.3, -0.25) is 9.69 Å². The van der Waals surface area contributed by atoms with Crippen LogP contribution in [0.4, 0.5) is 0 Å². The van der Waals surface area contributed by atoms with E-state index >= 15 is 0 Å². The van der Waals surface area contributed by atoms with Crippen LogP contribution in [0.2, 0.25) is 0 Å². The predicted molar refractivity (Wildman–Crippen MR) is 107 cm³/mol. The third-order valence-electron chi connectivity index (χ3n) is 5.27. The van der Waals surface area contributed by atoms with Gasteiger partial charge in [0.05, 0.1) is 6.04 Å². The van der Waals surface area contributed by atoms with Crippen LogP contribution >= 0.6 is 12.4 Å². The molecule has 1 aliphatic rings. The molecule has 142 valence electrons. The van der Waals surface area contributed by atoms with Gasteiger partial charge in [0, 0.05) is 19.6 Å². The number of nitrogens with two attached hydrogens (primary N) is 1. The second-order valence-corrected chi connectivity index (χ2v) is 7.38. The lowest BCUT2D eigenvalue weighted by molar-refractivity contribution is -0.123. The summed E-state index contributed by atoms with van der Waals surface area (Å²) in [5.74, 6) is 0.931. The third kappa shape index (κ3) is 6.61. The van der Waals surface area contributed by atoms with Gasteiger partial charge in [0.2, 0.25) is 5.91 Å². The van der Waals surface area contributed by atoms with E-state index in [1.807, 2.05) is 13.0 Å². The van der Waals surface area contributed by atoms with Crippen molar-refractivity contribution < 1.29 is 4.79 Å². The second kappa shape index (κ2) is 10.8. The Morgan fingerprint density at radius 2 is 2.04 bits per heavy atom. The van der Waals surface area contributed by atoms with Crippen molar-refractivity contribution in [3.8, 4) is 0 Å². The van der Waals surface area contributed by atoms with Crippen molar-refractivity contribution in [1.82, 2.24) is 10.2 Å². The average molecular weight is 368 g/mol. The molecule has 3 atom stereocenters. The van der Waals surface area contributed by atoms with Crippen molar-refractivity contribution in [1.29, 1.82) is 0 Å². The maximum atomic E-state index is 12.2. The number of piperidine rings is 1. The Morgan fingerprint density at radius 3 is 2.68 bits per heavy atom. The summed E-state index contributed by atoms with van der Waals surface area (Å²) >= 11 is 0. The number of hydrogen-bond donors (Lipinski definition) is 2. The molecule has 1 heterocycles. The molecule has 0 aromatic heterocycles. The minimum atomic E-state index is -0.426. The van der Waals surface area contributed by atoms with Crippen molar-refractivity contribution >= 4 is 18.3 Å². The van der Waals surface area contributed by atoms with Crippen molar-refractivity contribution in [3.05, 3.63) is 35.4 Å². The molecule has 3 N–H and O–H groups in total. The summed E-state index contributed by atoms with van der Waals surface area (Å²) < 4.78 is 0. The van der Waals surface area contributed by atoms with Gasteiger partial charge in [-0.2, -0.15) is 0 Å². The fraction of sp³-hybridized carbons (Fsp3) is 0.650. The standard InChI is InChI=1S/C20H33N3O.ClH/c1-4-16(3)19(21)20(24)22-12-17-9-5-6-10-18(17)14-23-11-7-8-15(2)13-23;/h5-6,9-10,15-16,19H,4,7-8,11-14,21H2,1-3H3,(H,22,24);1H. The van der Waals surface area contributed by atoms with E-state index in [0.29, 0.717) is 6.54 Å². The first kappa shape index (κ1) is 21.9. The fourth-order valence-corrected chi connectivity index (χ4v) is 3.37. The molecule has 1 amide bonds. The topological polar surface area (TPSA) is 58.4 Å². The van der Waals surface area contributed by atoms with Crippen LogP contribution in [0.25, 0.3) is 0 Å². The molecule has 2 rings (SSSR count). The third-order valence-corrected chi connectivity index (χ3v) is 5.27. The molecule has 1 aliphatic heterocycles. The quantitative estimate of drug-likeness (QED) is 0.777. The number of carbonyl (C=O) groups is 1. The number of rotatable bonds is 7. The van der Waals surface area contributed by atoms with Crippen LogP contribution in [0.3, 0.4) is 0 Å². The highest BCUT2D eigenvalue weighted by atomic mass is 35.5. The van der Waals surface area contributed by atoms with Gasteiger partial charge in [0.1, 0.15) is 0 Å². The van der Waals surface area contributed by atoms with E-state index < -0.39 is 6.04 Å². The number of nitrogens with zero attached hydrogens (tertiary/aromatic N) is 1. The first-order chi connectivity index (χ1) is 11.5. The zero-order valence-electron chi connectivity index (χ0n) is 15.8. The lowest BCUT2D eigenvalue weighted by Crippen LogP contribution is -2.44.